The molecule has 0 aromatic carbocycles. The molecule has 12 nitrogen and oxygen atoms in total. The summed E-state index contributed by atoms with van der Waals surface area (Å²) in [7, 11) is 0. The van der Waals surface area contributed by atoms with Gasteiger partial charge in [0.1, 0.15) is 17.8 Å². The topological polar surface area (TPSA) is 156 Å². The van der Waals surface area contributed by atoms with Gasteiger partial charge in [-0.25, -0.2) is 19.9 Å². The summed E-state index contributed by atoms with van der Waals surface area (Å²) in [4.78, 5) is 21.8. The van der Waals surface area contributed by atoms with Crippen LogP contribution in [0.15, 0.2) is 37.1 Å². The van der Waals surface area contributed by atoms with Gasteiger partial charge in [-0.2, -0.15) is 23.5 Å². The second-order valence-electron chi connectivity index (χ2n) is 12.5. The van der Waals surface area contributed by atoms with E-state index in [9.17, 15) is 23.5 Å². The Hall–Kier alpha value is -4.13. The smallest absolute Gasteiger partial charge is 0.393 e. The van der Waals surface area contributed by atoms with Crippen LogP contribution in [-0.4, -0.2) is 82.0 Å². The van der Waals surface area contributed by atoms with Gasteiger partial charge in [-0.15, -0.1) is 0 Å². The number of aromatic nitrogens is 7. The lowest BCUT2D eigenvalue weighted by Crippen LogP contribution is -2.58. The van der Waals surface area contributed by atoms with Gasteiger partial charge in [0.2, 0.25) is 5.82 Å². The molecule has 45 heavy (non-hydrogen) atoms. The number of halogens is 3. The maximum Gasteiger partial charge on any atom is 0.451 e. The summed E-state index contributed by atoms with van der Waals surface area (Å²) in [5.41, 5.74) is 2.28. The Morgan fingerprint density at radius 3 is 2.67 bits per heavy atom. The van der Waals surface area contributed by atoms with Crippen molar-refractivity contribution in [3.8, 4) is 17.3 Å². The maximum absolute atomic E-state index is 13.6. The van der Waals surface area contributed by atoms with E-state index in [1.54, 1.807) is 12.3 Å². The van der Waals surface area contributed by atoms with E-state index in [0.717, 1.165) is 61.1 Å². The third-order valence-corrected chi connectivity index (χ3v) is 9.45. The van der Waals surface area contributed by atoms with Gasteiger partial charge in [0.15, 0.2) is 0 Å². The lowest BCUT2D eigenvalue weighted by atomic mass is 9.69. The second kappa shape index (κ2) is 11.7. The molecule has 0 spiro atoms. The maximum atomic E-state index is 13.6. The number of hydrogen-bond donors (Lipinski definition) is 4. The number of piperidine rings is 1. The summed E-state index contributed by atoms with van der Waals surface area (Å²) in [6.45, 7) is 1.75. The SMILES string of the molecule is N#CC[C@]1(n2cc(-c3ncnc4[nH]ccc34)cn2)C[C@H](N2CCC(Nc3cc(CN[C@H]4C[C@H](O)C4)nc(C(F)(F)F)n3)CC2)C1. The number of anilines is 1. The van der Waals surface area contributed by atoms with Crippen molar-refractivity contribution in [1.29, 1.82) is 5.26 Å². The monoisotopic (exact) mass is 621 g/mol. The molecule has 236 valence electrons. The average molecular weight is 622 g/mol. The number of nitriles is 1. The van der Waals surface area contributed by atoms with E-state index < -0.39 is 17.5 Å². The zero-order chi connectivity index (χ0) is 31.2. The van der Waals surface area contributed by atoms with Crippen LogP contribution >= 0.6 is 0 Å². The highest BCUT2D eigenvalue weighted by atomic mass is 19.4. The van der Waals surface area contributed by atoms with E-state index in [4.69, 9.17) is 0 Å². The van der Waals surface area contributed by atoms with Crippen LogP contribution in [0.5, 0.6) is 0 Å². The Bertz CT molecular complexity index is 1690. The quantitative estimate of drug-likeness (QED) is 0.218. The number of H-pyrrole nitrogens is 1. The summed E-state index contributed by atoms with van der Waals surface area (Å²) in [6, 6.07) is 6.22. The number of aliphatic hydroxyl groups is 1. The first kappa shape index (κ1) is 29.6. The molecular formula is C30H34F3N11O. The zero-order valence-electron chi connectivity index (χ0n) is 24.5. The van der Waals surface area contributed by atoms with Crippen molar-refractivity contribution in [2.75, 3.05) is 18.4 Å². The van der Waals surface area contributed by atoms with Crippen molar-refractivity contribution >= 4 is 16.9 Å². The molecule has 0 unspecified atom stereocenters. The summed E-state index contributed by atoms with van der Waals surface area (Å²) >= 11 is 0. The first-order valence-corrected chi connectivity index (χ1v) is 15.3. The molecule has 1 saturated heterocycles. The molecule has 2 saturated carbocycles. The molecule has 7 rings (SSSR count). The van der Waals surface area contributed by atoms with E-state index in [-0.39, 0.29) is 36.2 Å². The van der Waals surface area contributed by atoms with E-state index in [1.165, 1.54) is 6.33 Å². The number of nitrogens with zero attached hydrogens (tertiary/aromatic N) is 8. The predicted octanol–water partition coefficient (Wildman–Crippen LogP) is 3.59. The normalized spacial score (nSPS) is 25.9. The van der Waals surface area contributed by atoms with E-state index in [1.807, 2.05) is 23.1 Å². The fraction of sp³-hybridized carbons (Fsp3) is 0.533. The Balaban J connectivity index is 0.969. The molecule has 15 heteroatoms. The number of fused-ring (bicyclic) bond motifs is 1. The van der Waals surface area contributed by atoms with Crippen molar-refractivity contribution in [3.63, 3.8) is 0 Å². The highest BCUT2D eigenvalue weighted by molar-refractivity contribution is 5.90. The van der Waals surface area contributed by atoms with E-state index in [0.29, 0.717) is 25.3 Å². The van der Waals surface area contributed by atoms with E-state index in [2.05, 4.69) is 51.6 Å². The van der Waals surface area contributed by atoms with Crippen LogP contribution in [0.25, 0.3) is 22.3 Å². The molecule has 0 amide bonds. The fourth-order valence-electron chi connectivity index (χ4n) is 6.85. The van der Waals surface area contributed by atoms with Gasteiger partial charge in [0.05, 0.1) is 41.7 Å². The van der Waals surface area contributed by atoms with Crippen molar-refractivity contribution in [2.45, 2.75) is 87.4 Å². The van der Waals surface area contributed by atoms with Crippen LogP contribution in [0.4, 0.5) is 19.0 Å². The minimum Gasteiger partial charge on any atom is -0.393 e. The van der Waals surface area contributed by atoms with Gasteiger partial charge < -0.3 is 25.6 Å². The highest BCUT2D eigenvalue weighted by Crippen LogP contribution is 2.45. The molecule has 4 aromatic heterocycles. The van der Waals surface area contributed by atoms with Gasteiger partial charge in [-0.1, -0.05) is 0 Å². The van der Waals surface area contributed by atoms with Crippen LogP contribution in [0.1, 0.15) is 56.5 Å². The Morgan fingerprint density at radius 2 is 1.93 bits per heavy atom. The van der Waals surface area contributed by atoms with Crippen LogP contribution < -0.4 is 10.6 Å². The Morgan fingerprint density at radius 1 is 1.13 bits per heavy atom. The first-order chi connectivity index (χ1) is 21.7. The van der Waals surface area contributed by atoms with Crippen LogP contribution in [0.3, 0.4) is 0 Å². The predicted molar refractivity (Wildman–Crippen MR) is 157 cm³/mol. The fourth-order valence-corrected chi connectivity index (χ4v) is 6.85. The Kier molecular flexibility index (Phi) is 7.66. The lowest BCUT2D eigenvalue weighted by molar-refractivity contribution is -0.145. The standard InChI is InChI=1S/C30H34F3N11O/c31-30(32,33)28-41-21(15-36-20-9-23(45)10-20)11-25(42-28)40-19-2-7-43(8-3-19)22-12-29(13-22,4-5-34)44-16-18(14-39-44)26-24-1-6-35-27(24)38-17-37-26/h1,6,11,14,16-17,19-20,22-23,36,45H,2-4,7-10,12-13,15H2,(H,35,37,38)(H,40,41,42)/t20-,22-,23-,29-. The third kappa shape index (κ3) is 5.97. The van der Waals surface area contributed by atoms with Crippen molar-refractivity contribution in [3.05, 3.63) is 48.6 Å². The minimum atomic E-state index is -4.65. The summed E-state index contributed by atoms with van der Waals surface area (Å²) < 4.78 is 42.6. The molecule has 3 aliphatic rings. The lowest BCUT2D eigenvalue weighted by Gasteiger charge is -2.52. The van der Waals surface area contributed by atoms with Gasteiger partial charge in [-0.3, -0.25) is 4.68 Å². The van der Waals surface area contributed by atoms with Crippen molar-refractivity contribution in [1.82, 2.24) is 44.9 Å². The third-order valence-electron chi connectivity index (χ3n) is 9.45. The zero-order valence-corrected chi connectivity index (χ0v) is 24.5. The van der Waals surface area contributed by atoms with Crippen molar-refractivity contribution in [2.24, 2.45) is 0 Å². The molecule has 3 fully saturated rings. The highest BCUT2D eigenvalue weighted by Gasteiger charge is 2.49. The molecule has 2 aliphatic carbocycles. The molecule has 1 aliphatic heterocycles. The number of hydrogen-bond acceptors (Lipinski definition) is 10. The molecule has 4 aromatic rings. The summed E-state index contributed by atoms with van der Waals surface area (Å²) in [6.07, 6.45) is 6.71. The number of nitrogens with one attached hydrogen (secondary N) is 3. The van der Waals surface area contributed by atoms with Gasteiger partial charge >= 0.3 is 6.18 Å². The molecule has 0 bridgehead atoms. The summed E-state index contributed by atoms with van der Waals surface area (Å²) in [5, 5.41) is 31.1. The second-order valence-corrected chi connectivity index (χ2v) is 12.5. The van der Waals surface area contributed by atoms with E-state index >= 15 is 0 Å². The van der Waals surface area contributed by atoms with Gasteiger partial charge in [0.25, 0.3) is 0 Å². The molecular weight excluding hydrogens is 587 g/mol. The van der Waals surface area contributed by atoms with Crippen LogP contribution in [0.2, 0.25) is 0 Å². The van der Waals surface area contributed by atoms with Gasteiger partial charge in [-0.05, 0) is 44.6 Å². The number of alkyl halides is 3. The minimum absolute atomic E-state index is 0.0180. The van der Waals surface area contributed by atoms with Crippen LogP contribution in [-0.2, 0) is 18.3 Å². The molecule has 4 N–H and O–H groups in total. The average Bonchev–Trinajstić information content (AvgIpc) is 3.67. The number of likely N-dealkylation sites (tertiary alicyclic amines) is 1. The molecule has 5 heterocycles. The summed E-state index contributed by atoms with van der Waals surface area (Å²) in [5.74, 6) is -0.981. The number of aromatic amines is 1. The molecule has 0 radical (unpaired) electrons. The number of rotatable bonds is 9. The first-order valence-electron chi connectivity index (χ1n) is 15.3. The van der Waals surface area contributed by atoms with Crippen molar-refractivity contribution < 1.29 is 18.3 Å². The Labute approximate surface area is 257 Å². The largest absolute Gasteiger partial charge is 0.451 e. The molecule has 0 atom stereocenters. The van der Waals surface area contributed by atoms with Crippen LogP contribution in [0, 0.1) is 11.3 Å². The number of aliphatic hydroxyl groups excluding tert-OH is 1. The van der Waals surface area contributed by atoms with Gasteiger partial charge in [0, 0.05) is 67.2 Å².